The second kappa shape index (κ2) is 6.60. The molecule has 1 aromatic carbocycles. The van der Waals surface area contributed by atoms with Crippen LogP contribution in [0, 0.1) is 0 Å². The Balaban J connectivity index is 2.74. The quantitative estimate of drug-likeness (QED) is 0.557. The zero-order valence-corrected chi connectivity index (χ0v) is 9.43. The van der Waals surface area contributed by atoms with E-state index in [1.165, 1.54) is 0 Å². The molecule has 0 amide bonds. The second-order valence-corrected chi connectivity index (χ2v) is 3.76. The zero-order chi connectivity index (χ0) is 12.0. The molecule has 0 aliphatic carbocycles. The lowest BCUT2D eigenvalue weighted by atomic mass is 9.97. The van der Waals surface area contributed by atoms with Crippen molar-refractivity contribution < 1.29 is 15.3 Å². The predicted molar refractivity (Wildman–Crippen MR) is 61.9 cm³/mol. The largest absolute Gasteiger partial charge is 0.392 e. The first-order chi connectivity index (χ1) is 7.70. The van der Waals surface area contributed by atoms with E-state index in [1.807, 2.05) is 0 Å². The SMILES string of the molecule is CNCCC(O)C(O)c1ccccc1CO. The summed E-state index contributed by atoms with van der Waals surface area (Å²) in [6.07, 6.45) is -1.30. The molecule has 0 aliphatic rings. The summed E-state index contributed by atoms with van der Waals surface area (Å²) in [6, 6.07) is 7.03. The normalized spacial score (nSPS) is 14.8. The van der Waals surface area contributed by atoms with Crippen molar-refractivity contribution >= 4 is 0 Å². The molecule has 4 nitrogen and oxygen atoms in total. The van der Waals surface area contributed by atoms with Gasteiger partial charge in [0, 0.05) is 0 Å². The van der Waals surface area contributed by atoms with Crippen molar-refractivity contribution in [1.82, 2.24) is 5.32 Å². The summed E-state index contributed by atoms with van der Waals surface area (Å²) < 4.78 is 0. The van der Waals surface area contributed by atoms with Crippen LogP contribution in [0.5, 0.6) is 0 Å². The maximum absolute atomic E-state index is 9.94. The van der Waals surface area contributed by atoms with Crippen molar-refractivity contribution in [2.24, 2.45) is 0 Å². The van der Waals surface area contributed by atoms with Gasteiger partial charge in [0.25, 0.3) is 0 Å². The van der Waals surface area contributed by atoms with Gasteiger partial charge in [0.05, 0.1) is 12.7 Å². The van der Waals surface area contributed by atoms with Crippen molar-refractivity contribution in [2.45, 2.75) is 25.2 Å². The molecular formula is C12H19NO3. The van der Waals surface area contributed by atoms with Gasteiger partial charge in [-0.1, -0.05) is 24.3 Å². The first-order valence-electron chi connectivity index (χ1n) is 5.40. The van der Waals surface area contributed by atoms with Gasteiger partial charge in [-0.25, -0.2) is 0 Å². The third kappa shape index (κ3) is 3.28. The Labute approximate surface area is 95.6 Å². The van der Waals surface area contributed by atoms with E-state index in [4.69, 9.17) is 5.11 Å². The third-order valence-corrected chi connectivity index (χ3v) is 2.60. The van der Waals surface area contributed by atoms with Gasteiger partial charge in [0.1, 0.15) is 6.10 Å². The molecule has 0 fully saturated rings. The van der Waals surface area contributed by atoms with Crippen LogP contribution < -0.4 is 5.32 Å². The number of rotatable bonds is 6. The highest BCUT2D eigenvalue weighted by molar-refractivity contribution is 5.29. The highest BCUT2D eigenvalue weighted by Crippen LogP contribution is 2.22. The molecule has 2 unspecified atom stereocenters. The average Bonchev–Trinajstić information content (AvgIpc) is 2.34. The van der Waals surface area contributed by atoms with E-state index in [0.29, 0.717) is 24.1 Å². The van der Waals surface area contributed by atoms with Gasteiger partial charge in [-0.2, -0.15) is 0 Å². The summed E-state index contributed by atoms with van der Waals surface area (Å²) in [4.78, 5) is 0. The van der Waals surface area contributed by atoms with Crippen molar-refractivity contribution in [3.63, 3.8) is 0 Å². The minimum absolute atomic E-state index is 0.133. The van der Waals surface area contributed by atoms with Crippen LogP contribution >= 0.6 is 0 Å². The fraction of sp³-hybridized carbons (Fsp3) is 0.500. The highest BCUT2D eigenvalue weighted by Gasteiger charge is 2.19. The molecule has 1 rings (SSSR count). The molecule has 16 heavy (non-hydrogen) atoms. The molecular weight excluding hydrogens is 206 g/mol. The highest BCUT2D eigenvalue weighted by atomic mass is 16.3. The smallest absolute Gasteiger partial charge is 0.105 e. The van der Waals surface area contributed by atoms with E-state index in [-0.39, 0.29) is 6.61 Å². The lowest BCUT2D eigenvalue weighted by Gasteiger charge is -2.20. The van der Waals surface area contributed by atoms with E-state index in [9.17, 15) is 10.2 Å². The molecule has 0 heterocycles. The summed E-state index contributed by atoms with van der Waals surface area (Å²) >= 11 is 0. The zero-order valence-electron chi connectivity index (χ0n) is 9.43. The van der Waals surface area contributed by atoms with Gasteiger partial charge in [0.15, 0.2) is 0 Å². The van der Waals surface area contributed by atoms with Crippen LogP contribution in [0.3, 0.4) is 0 Å². The Bertz CT molecular complexity index is 317. The molecule has 1 aromatic rings. The van der Waals surface area contributed by atoms with Crippen LogP contribution in [0.15, 0.2) is 24.3 Å². The Kier molecular flexibility index (Phi) is 5.42. The molecule has 0 bridgehead atoms. The molecule has 4 N–H and O–H groups in total. The summed E-state index contributed by atoms with van der Waals surface area (Å²) in [5.74, 6) is 0. The van der Waals surface area contributed by atoms with E-state index < -0.39 is 12.2 Å². The van der Waals surface area contributed by atoms with Crippen molar-refractivity contribution in [3.05, 3.63) is 35.4 Å². The number of aliphatic hydroxyl groups is 3. The number of benzene rings is 1. The molecule has 0 aromatic heterocycles. The Morgan fingerprint density at radius 3 is 2.56 bits per heavy atom. The average molecular weight is 225 g/mol. The lowest BCUT2D eigenvalue weighted by Crippen LogP contribution is -2.24. The molecule has 0 saturated heterocycles. The molecule has 2 atom stereocenters. The monoisotopic (exact) mass is 225 g/mol. The van der Waals surface area contributed by atoms with Crippen molar-refractivity contribution in [1.29, 1.82) is 0 Å². The fourth-order valence-electron chi connectivity index (χ4n) is 1.62. The third-order valence-electron chi connectivity index (χ3n) is 2.60. The van der Waals surface area contributed by atoms with Crippen molar-refractivity contribution in [3.8, 4) is 0 Å². The van der Waals surface area contributed by atoms with E-state index in [0.717, 1.165) is 0 Å². The number of hydrogen-bond acceptors (Lipinski definition) is 4. The molecule has 0 saturated carbocycles. The topological polar surface area (TPSA) is 72.7 Å². The predicted octanol–water partition coefficient (Wildman–Crippen LogP) is 0.183. The van der Waals surface area contributed by atoms with E-state index in [1.54, 1.807) is 31.3 Å². The lowest BCUT2D eigenvalue weighted by molar-refractivity contribution is 0.0129. The Hall–Kier alpha value is -0.940. The standard InChI is InChI=1S/C12H19NO3/c1-13-7-6-11(15)12(16)10-5-3-2-4-9(10)8-14/h2-5,11-16H,6-8H2,1H3. The van der Waals surface area contributed by atoms with Gasteiger partial charge < -0.3 is 20.6 Å². The van der Waals surface area contributed by atoms with Crippen LogP contribution in [0.4, 0.5) is 0 Å². The van der Waals surface area contributed by atoms with Crippen LogP contribution in [-0.4, -0.2) is 35.0 Å². The van der Waals surface area contributed by atoms with Gasteiger partial charge in [-0.15, -0.1) is 0 Å². The maximum atomic E-state index is 9.94. The van der Waals surface area contributed by atoms with Crippen LogP contribution in [0.1, 0.15) is 23.7 Å². The number of aliphatic hydroxyl groups excluding tert-OH is 3. The van der Waals surface area contributed by atoms with Gasteiger partial charge >= 0.3 is 0 Å². The molecule has 0 spiro atoms. The fourth-order valence-corrected chi connectivity index (χ4v) is 1.62. The molecule has 90 valence electrons. The number of nitrogens with one attached hydrogen (secondary N) is 1. The van der Waals surface area contributed by atoms with E-state index in [2.05, 4.69) is 5.32 Å². The molecule has 4 heteroatoms. The first kappa shape index (κ1) is 13.1. The van der Waals surface area contributed by atoms with Crippen LogP contribution in [0.2, 0.25) is 0 Å². The molecule has 0 radical (unpaired) electrons. The summed E-state index contributed by atoms with van der Waals surface area (Å²) in [5, 5.41) is 31.7. The molecule has 0 aliphatic heterocycles. The second-order valence-electron chi connectivity index (χ2n) is 3.76. The summed E-state index contributed by atoms with van der Waals surface area (Å²) in [6.45, 7) is 0.505. The minimum atomic E-state index is -0.948. The van der Waals surface area contributed by atoms with Crippen LogP contribution in [-0.2, 0) is 6.61 Å². The van der Waals surface area contributed by atoms with Gasteiger partial charge in [-0.05, 0) is 31.1 Å². The Morgan fingerprint density at radius 1 is 1.25 bits per heavy atom. The first-order valence-corrected chi connectivity index (χ1v) is 5.40. The summed E-state index contributed by atoms with van der Waals surface area (Å²) in [5.41, 5.74) is 1.24. The van der Waals surface area contributed by atoms with Gasteiger partial charge in [-0.3, -0.25) is 0 Å². The van der Waals surface area contributed by atoms with Crippen LogP contribution in [0.25, 0.3) is 0 Å². The van der Waals surface area contributed by atoms with Crippen molar-refractivity contribution in [2.75, 3.05) is 13.6 Å². The summed E-state index contributed by atoms with van der Waals surface area (Å²) in [7, 11) is 1.79. The number of hydrogen-bond donors (Lipinski definition) is 4. The van der Waals surface area contributed by atoms with Gasteiger partial charge in [0.2, 0.25) is 0 Å². The van der Waals surface area contributed by atoms with E-state index >= 15 is 0 Å². The maximum Gasteiger partial charge on any atom is 0.105 e. The Morgan fingerprint density at radius 2 is 1.94 bits per heavy atom. The minimum Gasteiger partial charge on any atom is -0.392 e.